The van der Waals surface area contributed by atoms with Crippen LogP contribution in [0, 0.1) is 6.92 Å². The monoisotopic (exact) mass is 342 g/mol. The molecule has 0 bridgehead atoms. The molecular formula is C21H14N2O3. The van der Waals surface area contributed by atoms with Crippen LogP contribution < -0.4 is 0 Å². The van der Waals surface area contributed by atoms with Gasteiger partial charge in [-0.1, -0.05) is 54.1 Å². The molecule has 1 unspecified atom stereocenters. The molecule has 0 saturated carbocycles. The molecule has 0 saturated heterocycles. The van der Waals surface area contributed by atoms with Crippen molar-refractivity contribution in [3.63, 3.8) is 0 Å². The van der Waals surface area contributed by atoms with Gasteiger partial charge in [0.15, 0.2) is 0 Å². The highest BCUT2D eigenvalue weighted by molar-refractivity contribution is 6.20. The Hall–Kier alpha value is -3.31. The molecule has 1 atom stereocenters. The zero-order valence-electron chi connectivity index (χ0n) is 13.9. The smallest absolute Gasteiger partial charge is 0.261 e. The molecular weight excluding hydrogens is 328 g/mol. The maximum absolute atomic E-state index is 13.0. The summed E-state index contributed by atoms with van der Waals surface area (Å²) in [6.07, 6.45) is 0. The minimum atomic E-state index is -1.96. The number of nitrogens with zero attached hydrogens (tertiary/aromatic N) is 2. The molecule has 1 aliphatic rings. The molecule has 0 radical (unpaired) electrons. The summed E-state index contributed by atoms with van der Waals surface area (Å²) >= 11 is 0. The van der Waals surface area contributed by atoms with Crippen molar-refractivity contribution in [1.82, 2.24) is 10.2 Å². The molecule has 0 amide bonds. The first-order chi connectivity index (χ1) is 12.6. The molecule has 1 aromatic heterocycles. The zero-order chi connectivity index (χ0) is 17.9. The molecule has 3 aromatic carbocycles. The number of aliphatic hydroxyl groups is 1. The first-order valence-corrected chi connectivity index (χ1v) is 8.29. The molecule has 26 heavy (non-hydrogen) atoms. The first kappa shape index (κ1) is 15.0. The Labute approximate surface area is 148 Å². The van der Waals surface area contributed by atoms with E-state index in [2.05, 4.69) is 10.2 Å². The number of carbonyl (C=O) groups excluding carboxylic acids is 1. The number of rotatable bonds is 2. The molecule has 4 aromatic rings. The van der Waals surface area contributed by atoms with Crippen molar-refractivity contribution in [2.45, 2.75) is 12.5 Å². The van der Waals surface area contributed by atoms with E-state index in [1.54, 1.807) is 18.2 Å². The Morgan fingerprint density at radius 3 is 2.58 bits per heavy atom. The van der Waals surface area contributed by atoms with E-state index >= 15 is 0 Å². The molecule has 0 fully saturated rings. The van der Waals surface area contributed by atoms with Gasteiger partial charge < -0.3 is 9.52 Å². The van der Waals surface area contributed by atoms with E-state index in [0.29, 0.717) is 11.1 Å². The Morgan fingerprint density at radius 1 is 1.00 bits per heavy atom. The number of Topliss-reactive ketones (excluding diaryl/α,β-unsaturated/α-hetero) is 1. The summed E-state index contributed by atoms with van der Waals surface area (Å²) in [7, 11) is 0. The van der Waals surface area contributed by atoms with Gasteiger partial charge in [0.2, 0.25) is 17.3 Å². The summed E-state index contributed by atoms with van der Waals surface area (Å²) in [5.74, 6) is -0.278. The summed E-state index contributed by atoms with van der Waals surface area (Å²) in [6.45, 7) is 1.96. The number of ketones is 1. The maximum Gasteiger partial charge on any atom is 0.261 e. The number of hydrogen-bond donors (Lipinski definition) is 1. The van der Waals surface area contributed by atoms with E-state index < -0.39 is 11.4 Å². The van der Waals surface area contributed by atoms with E-state index in [-0.39, 0.29) is 11.8 Å². The van der Waals surface area contributed by atoms with Gasteiger partial charge in [0.05, 0.1) is 0 Å². The van der Waals surface area contributed by atoms with Gasteiger partial charge in [-0.25, -0.2) is 0 Å². The molecule has 0 spiro atoms. The largest absolute Gasteiger partial charge is 0.417 e. The fourth-order valence-corrected chi connectivity index (χ4v) is 3.63. The first-order valence-electron chi connectivity index (χ1n) is 8.29. The van der Waals surface area contributed by atoms with Gasteiger partial charge in [0.25, 0.3) is 5.89 Å². The number of aromatic nitrogens is 2. The molecule has 126 valence electrons. The van der Waals surface area contributed by atoms with E-state index in [1.807, 2.05) is 49.4 Å². The van der Waals surface area contributed by atoms with Gasteiger partial charge in [0.1, 0.15) is 0 Å². The van der Waals surface area contributed by atoms with Crippen LogP contribution >= 0.6 is 0 Å². The normalized spacial score (nSPS) is 18.6. The Kier molecular flexibility index (Phi) is 2.94. The number of aryl methyl sites for hydroxylation is 1. The SMILES string of the molecule is Cc1cccc(-c2nnc(C3(O)C(=O)c4cccc5cccc3c45)o2)c1. The van der Waals surface area contributed by atoms with E-state index in [1.165, 1.54) is 0 Å². The van der Waals surface area contributed by atoms with E-state index in [0.717, 1.165) is 21.9 Å². The lowest BCUT2D eigenvalue weighted by Gasteiger charge is -2.17. The van der Waals surface area contributed by atoms with Gasteiger partial charge in [-0.15, -0.1) is 10.2 Å². The Morgan fingerprint density at radius 2 is 1.77 bits per heavy atom. The van der Waals surface area contributed by atoms with Gasteiger partial charge in [-0.05, 0) is 29.8 Å². The number of benzene rings is 3. The summed E-state index contributed by atoms with van der Waals surface area (Å²) in [4.78, 5) is 13.0. The highest BCUT2D eigenvalue weighted by Crippen LogP contribution is 2.44. The lowest BCUT2D eigenvalue weighted by atomic mass is 9.94. The van der Waals surface area contributed by atoms with Gasteiger partial charge in [0, 0.05) is 16.7 Å². The average molecular weight is 342 g/mol. The van der Waals surface area contributed by atoms with Crippen LogP contribution in [-0.4, -0.2) is 21.1 Å². The molecule has 5 nitrogen and oxygen atoms in total. The van der Waals surface area contributed by atoms with Crippen LogP contribution in [0.25, 0.3) is 22.2 Å². The van der Waals surface area contributed by atoms with Gasteiger partial charge >= 0.3 is 0 Å². The molecule has 0 aliphatic heterocycles. The quantitative estimate of drug-likeness (QED) is 0.602. The van der Waals surface area contributed by atoms with Crippen LogP contribution in [-0.2, 0) is 5.60 Å². The topological polar surface area (TPSA) is 76.2 Å². The minimum Gasteiger partial charge on any atom is -0.417 e. The van der Waals surface area contributed by atoms with Crippen molar-refractivity contribution in [1.29, 1.82) is 0 Å². The second kappa shape index (κ2) is 5.09. The molecule has 1 aliphatic carbocycles. The Bertz CT molecular complexity index is 1190. The van der Waals surface area contributed by atoms with Crippen LogP contribution in [0.15, 0.2) is 65.1 Å². The van der Waals surface area contributed by atoms with Crippen LogP contribution in [0.4, 0.5) is 0 Å². The minimum absolute atomic E-state index is 0.109. The predicted molar refractivity (Wildman–Crippen MR) is 95.7 cm³/mol. The average Bonchev–Trinajstić information content (AvgIpc) is 3.23. The Balaban J connectivity index is 1.70. The molecule has 1 N–H and O–H groups in total. The summed E-state index contributed by atoms with van der Waals surface area (Å²) in [6, 6.07) is 18.5. The molecule has 5 heteroatoms. The standard InChI is InChI=1S/C21H14N2O3/c1-12-5-2-8-14(11-12)19-22-23-20(26-19)21(25)16-10-4-7-13-6-3-9-15(17(13)16)18(21)24/h2-11,25H,1H3. The van der Waals surface area contributed by atoms with Crippen LogP contribution in [0.5, 0.6) is 0 Å². The third-order valence-corrected chi connectivity index (χ3v) is 4.87. The summed E-state index contributed by atoms with van der Waals surface area (Å²) < 4.78 is 5.75. The van der Waals surface area contributed by atoms with Crippen molar-refractivity contribution < 1.29 is 14.3 Å². The highest BCUT2D eigenvalue weighted by Gasteiger charge is 2.51. The zero-order valence-corrected chi connectivity index (χ0v) is 13.9. The second-order valence-corrected chi connectivity index (χ2v) is 6.53. The van der Waals surface area contributed by atoms with Crippen molar-refractivity contribution in [3.05, 3.63) is 83.2 Å². The number of hydrogen-bond acceptors (Lipinski definition) is 5. The highest BCUT2D eigenvalue weighted by atomic mass is 16.4. The van der Waals surface area contributed by atoms with Crippen molar-refractivity contribution >= 4 is 16.6 Å². The lowest BCUT2D eigenvalue weighted by Crippen LogP contribution is -2.33. The fourth-order valence-electron chi connectivity index (χ4n) is 3.63. The summed E-state index contributed by atoms with van der Waals surface area (Å²) in [5.41, 5.74) is 0.785. The van der Waals surface area contributed by atoms with Crippen molar-refractivity contribution in [2.24, 2.45) is 0 Å². The number of carbonyl (C=O) groups is 1. The van der Waals surface area contributed by atoms with Crippen molar-refractivity contribution in [3.8, 4) is 11.5 Å². The summed E-state index contributed by atoms with van der Waals surface area (Å²) in [5, 5.41) is 21.0. The van der Waals surface area contributed by atoms with Crippen LogP contribution in [0.1, 0.15) is 27.4 Å². The fraction of sp³-hybridized carbons (Fsp3) is 0.0952. The molecule has 1 heterocycles. The van der Waals surface area contributed by atoms with E-state index in [9.17, 15) is 9.90 Å². The van der Waals surface area contributed by atoms with Gasteiger partial charge in [-0.3, -0.25) is 4.79 Å². The van der Waals surface area contributed by atoms with Gasteiger partial charge in [-0.2, -0.15) is 0 Å². The van der Waals surface area contributed by atoms with Crippen LogP contribution in [0.2, 0.25) is 0 Å². The maximum atomic E-state index is 13.0. The lowest BCUT2D eigenvalue weighted by molar-refractivity contribution is 0.0405. The second-order valence-electron chi connectivity index (χ2n) is 6.53. The third kappa shape index (κ3) is 1.86. The van der Waals surface area contributed by atoms with E-state index in [4.69, 9.17) is 4.42 Å². The van der Waals surface area contributed by atoms with Crippen LogP contribution in [0.3, 0.4) is 0 Å². The predicted octanol–water partition coefficient (Wildman–Crippen LogP) is 3.63. The molecule has 5 rings (SSSR count). The third-order valence-electron chi connectivity index (χ3n) is 4.87. The van der Waals surface area contributed by atoms with Crippen molar-refractivity contribution in [2.75, 3.05) is 0 Å².